The molecule has 0 saturated heterocycles. The Morgan fingerprint density at radius 3 is 2.60 bits per heavy atom. The van der Waals surface area contributed by atoms with Gasteiger partial charge >= 0.3 is 0 Å². The number of rotatable bonds is 2. The van der Waals surface area contributed by atoms with Crippen LogP contribution in [0.3, 0.4) is 0 Å². The molecular weight excluding hydrogens is 142 g/mol. The smallest absolute Gasteiger partial charge is 0.0585 e. The summed E-state index contributed by atoms with van der Waals surface area (Å²) in [6.07, 6.45) is 6.88. The lowest BCUT2D eigenvalue weighted by Crippen LogP contribution is -2.08. The first-order chi connectivity index (χ1) is 4.93. The van der Waals surface area contributed by atoms with Crippen LogP contribution in [0.2, 0.25) is 0 Å². The van der Waals surface area contributed by atoms with Crippen molar-refractivity contribution in [1.29, 1.82) is 0 Å². The van der Waals surface area contributed by atoms with Gasteiger partial charge in [0.25, 0.3) is 0 Å². The zero-order valence-corrected chi connectivity index (χ0v) is 6.99. The van der Waals surface area contributed by atoms with Crippen molar-refractivity contribution in [2.75, 3.05) is 6.54 Å². The molecule has 1 saturated carbocycles. The molecule has 0 aromatic heterocycles. The summed E-state index contributed by atoms with van der Waals surface area (Å²) in [7, 11) is 0. The summed E-state index contributed by atoms with van der Waals surface area (Å²) in [6, 6.07) is 0. The van der Waals surface area contributed by atoms with Crippen molar-refractivity contribution in [1.82, 2.24) is 0 Å². The standard InChI is InChI=1S/C8H13NS/c10-7-9-6-8-4-2-1-3-5-8/h8H,1-6H2. The number of nitrogens with zero attached hydrogens (tertiary/aromatic N) is 1. The normalized spacial score (nSPS) is 20.0. The molecule has 0 spiro atoms. The molecule has 0 aliphatic heterocycles. The van der Waals surface area contributed by atoms with Gasteiger partial charge in [0.1, 0.15) is 0 Å². The van der Waals surface area contributed by atoms with Gasteiger partial charge in [-0.05, 0) is 31.0 Å². The third-order valence-corrected chi connectivity index (χ3v) is 2.27. The highest BCUT2D eigenvalue weighted by Gasteiger charge is 2.11. The third-order valence-electron chi connectivity index (χ3n) is 2.14. The Morgan fingerprint density at radius 1 is 1.30 bits per heavy atom. The van der Waals surface area contributed by atoms with Crippen LogP contribution in [0.1, 0.15) is 32.1 Å². The van der Waals surface area contributed by atoms with Crippen LogP contribution < -0.4 is 0 Å². The summed E-state index contributed by atoms with van der Waals surface area (Å²) < 4.78 is 0. The zero-order valence-electron chi connectivity index (χ0n) is 6.18. The highest BCUT2D eigenvalue weighted by atomic mass is 32.1. The van der Waals surface area contributed by atoms with Gasteiger partial charge in [0, 0.05) is 0 Å². The van der Waals surface area contributed by atoms with Crippen molar-refractivity contribution in [3.63, 3.8) is 0 Å². The van der Waals surface area contributed by atoms with Crippen molar-refractivity contribution < 1.29 is 0 Å². The van der Waals surface area contributed by atoms with Crippen molar-refractivity contribution in [2.24, 2.45) is 10.9 Å². The van der Waals surface area contributed by atoms with Gasteiger partial charge in [0.15, 0.2) is 0 Å². The molecule has 1 aliphatic rings. The molecule has 0 aromatic carbocycles. The Morgan fingerprint density at radius 2 is 2.00 bits per heavy atom. The van der Waals surface area contributed by atoms with E-state index in [0.717, 1.165) is 12.5 Å². The molecule has 0 N–H and O–H groups in total. The maximum absolute atomic E-state index is 4.50. The SMILES string of the molecule is S=C=NCC1CCCCC1. The highest BCUT2D eigenvalue weighted by molar-refractivity contribution is 7.78. The lowest BCUT2D eigenvalue weighted by atomic mass is 9.89. The van der Waals surface area contributed by atoms with Crippen LogP contribution in [0.25, 0.3) is 0 Å². The van der Waals surface area contributed by atoms with E-state index < -0.39 is 0 Å². The van der Waals surface area contributed by atoms with Gasteiger partial charge in [-0.2, -0.15) is 0 Å². The summed E-state index contributed by atoms with van der Waals surface area (Å²) in [6.45, 7) is 0.920. The van der Waals surface area contributed by atoms with Gasteiger partial charge in [0.05, 0.1) is 11.7 Å². The number of hydrogen-bond donors (Lipinski definition) is 0. The van der Waals surface area contributed by atoms with E-state index >= 15 is 0 Å². The molecular formula is C8H13NS. The second-order valence-electron chi connectivity index (χ2n) is 2.94. The van der Waals surface area contributed by atoms with Gasteiger partial charge in [-0.15, -0.1) is 0 Å². The molecule has 1 rings (SSSR count). The first-order valence-electron chi connectivity index (χ1n) is 3.97. The molecule has 1 nitrogen and oxygen atoms in total. The van der Waals surface area contributed by atoms with Crippen molar-refractivity contribution in [3.8, 4) is 0 Å². The average Bonchev–Trinajstić information content (AvgIpc) is 2.03. The minimum absolute atomic E-state index is 0.809. The molecule has 1 aliphatic carbocycles. The van der Waals surface area contributed by atoms with Crippen LogP contribution in [0.15, 0.2) is 4.99 Å². The molecule has 0 aromatic rings. The summed E-state index contributed by atoms with van der Waals surface area (Å²) in [4.78, 5) is 3.96. The number of thiocarbonyl (C=S) groups is 1. The van der Waals surface area contributed by atoms with Crippen LogP contribution in [0.5, 0.6) is 0 Å². The molecule has 2 heteroatoms. The van der Waals surface area contributed by atoms with Gasteiger partial charge < -0.3 is 0 Å². The Balaban J connectivity index is 2.19. The monoisotopic (exact) mass is 155 g/mol. The summed E-state index contributed by atoms with van der Waals surface area (Å²) in [5, 5.41) is 2.42. The number of aliphatic imine (C=N–C) groups is 1. The lowest BCUT2D eigenvalue weighted by molar-refractivity contribution is 0.367. The summed E-state index contributed by atoms with van der Waals surface area (Å²) >= 11 is 4.50. The van der Waals surface area contributed by atoms with Crippen LogP contribution in [-0.2, 0) is 0 Å². The predicted molar refractivity (Wildman–Crippen MR) is 46.5 cm³/mol. The van der Waals surface area contributed by atoms with Crippen molar-refractivity contribution in [2.45, 2.75) is 32.1 Å². The van der Waals surface area contributed by atoms with E-state index in [2.05, 4.69) is 22.4 Å². The lowest BCUT2D eigenvalue weighted by Gasteiger charge is -2.18. The maximum atomic E-state index is 4.50. The Bertz CT molecular complexity index is 132. The minimum atomic E-state index is 0.809. The molecule has 1 fully saturated rings. The van der Waals surface area contributed by atoms with E-state index in [0.29, 0.717) is 0 Å². The summed E-state index contributed by atoms with van der Waals surface area (Å²) in [5.41, 5.74) is 0. The molecule has 10 heavy (non-hydrogen) atoms. The largest absolute Gasteiger partial charge is 0.232 e. The fourth-order valence-electron chi connectivity index (χ4n) is 1.54. The Hall–Kier alpha value is -0.200. The van der Waals surface area contributed by atoms with E-state index in [9.17, 15) is 0 Å². The molecule has 0 atom stereocenters. The Kier molecular flexibility index (Phi) is 3.63. The van der Waals surface area contributed by atoms with Crippen LogP contribution >= 0.6 is 12.2 Å². The van der Waals surface area contributed by atoms with Crippen molar-refractivity contribution >= 4 is 17.4 Å². The first-order valence-corrected chi connectivity index (χ1v) is 4.38. The van der Waals surface area contributed by atoms with Crippen molar-refractivity contribution in [3.05, 3.63) is 0 Å². The van der Waals surface area contributed by atoms with Gasteiger partial charge in [-0.25, -0.2) is 4.99 Å². The summed E-state index contributed by atoms with van der Waals surface area (Å²) in [5.74, 6) is 0.809. The topological polar surface area (TPSA) is 12.4 Å². The van der Waals surface area contributed by atoms with E-state index in [4.69, 9.17) is 0 Å². The van der Waals surface area contributed by atoms with Crippen LogP contribution in [0, 0.1) is 5.92 Å². The third kappa shape index (κ3) is 2.59. The first kappa shape index (κ1) is 7.90. The second kappa shape index (κ2) is 4.59. The molecule has 0 bridgehead atoms. The van der Waals surface area contributed by atoms with E-state index in [1.54, 1.807) is 0 Å². The van der Waals surface area contributed by atoms with E-state index in [-0.39, 0.29) is 0 Å². The maximum Gasteiger partial charge on any atom is 0.0585 e. The molecule has 0 heterocycles. The number of hydrogen-bond acceptors (Lipinski definition) is 2. The molecule has 0 amide bonds. The van der Waals surface area contributed by atoms with Crippen LogP contribution in [-0.4, -0.2) is 11.7 Å². The fourth-order valence-corrected chi connectivity index (χ4v) is 1.61. The fraction of sp³-hybridized carbons (Fsp3) is 0.875. The predicted octanol–water partition coefficient (Wildman–Crippen LogP) is 2.67. The quantitative estimate of drug-likeness (QED) is 0.441. The van der Waals surface area contributed by atoms with Gasteiger partial charge in [-0.1, -0.05) is 19.3 Å². The van der Waals surface area contributed by atoms with Gasteiger partial charge in [-0.3, -0.25) is 0 Å². The Labute approximate surface area is 67.5 Å². The van der Waals surface area contributed by atoms with E-state index in [1.165, 1.54) is 32.1 Å². The van der Waals surface area contributed by atoms with Gasteiger partial charge in [0.2, 0.25) is 0 Å². The molecule has 0 radical (unpaired) electrons. The molecule has 0 unspecified atom stereocenters. The number of isothiocyanates is 1. The molecule has 56 valence electrons. The second-order valence-corrected chi connectivity index (χ2v) is 3.12. The van der Waals surface area contributed by atoms with Crippen LogP contribution in [0.4, 0.5) is 0 Å². The van der Waals surface area contributed by atoms with E-state index in [1.807, 2.05) is 0 Å². The minimum Gasteiger partial charge on any atom is -0.232 e. The highest BCUT2D eigenvalue weighted by Crippen LogP contribution is 2.23. The average molecular weight is 155 g/mol. The zero-order chi connectivity index (χ0) is 7.23.